The normalized spacial score (nSPS) is 12.9. The average molecular weight is 439 g/mol. The highest BCUT2D eigenvalue weighted by Crippen LogP contribution is 2.37. The average Bonchev–Trinajstić information content (AvgIpc) is 3.05. The van der Waals surface area contributed by atoms with Crippen LogP contribution in [-0.2, 0) is 13.1 Å². The highest BCUT2D eigenvalue weighted by Gasteiger charge is 2.31. The van der Waals surface area contributed by atoms with Crippen molar-refractivity contribution in [2.24, 2.45) is 5.73 Å². The van der Waals surface area contributed by atoms with E-state index in [-0.39, 0.29) is 28.7 Å². The molecule has 0 saturated carbocycles. The summed E-state index contributed by atoms with van der Waals surface area (Å²) in [6.45, 7) is 0.997. The van der Waals surface area contributed by atoms with Crippen LogP contribution in [0.2, 0.25) is 5.02 Å². The molecule has 3 aromatic rings. The summed E-state index contributed by atoms with van der Waals surface area (Å²) in [6.07, 6.45) is 0. The second-order valence-corrected chi connectivity index (χ2v) is 7.48. The first-order valence-corrected chi connectivity index (χ1v) is 9.90. The van der Waals surface area contributed by atoms with Gasteiger partial charge in [0.1, 0.15) is 0 Å². The van der Waals surface area contributed by atoms with E-state index in [1.54, 1.807) is 4.90 Å². The molecule has 1 aromatic heterocycles. The fourth-order valence-electron chi connectivity index (χ4n) is 3.73. The summed E-state index contributed by atoms with van der Waals surface area (Å²) >= 11 is 6.56. The van der Waals surface area contributed by atoms with Gasteiger partial charge in [-0.1, -0.05) is 41.9 Å². The molecular formula is C22H19ClN4O4. The molecule has 2 aromatic carbocycles. The molecule has 8 nitrogen and oxygen atoms in total. The van der Waals surface area contributed by atoms with Crippen molar-refractivity contribution in [3.8, 4) is 11.3 Å². The van der Waals surface area contributed by atoms with Crippen molar-refractivity contribution in [3.05, 3.63) is 76.4 Å². The van der Waals surface area contributed by atoms with Crippen molar-refractivity contribution in [1.29, 1.82) is 0 Å². The van der Waals surface area contributed by atoms with Gasteiger partial charge in [0.2, 0.25) is 0 Å². The summed E-state index contributed by atoms with van der Waals surface area (Å²) in [4.78, 5) is 37.5. The molecule has 1 aliphatic rings. The molecule has 0 aliphatic carbocycles. The van der Waals surface area contributed by atoms with E-state index in [0.717, 1.165) is 5.56 Å². The summed E-state index contributed by atoms with van der Waals surface area (Å²) in [5, 5.41) is 12.0. The van der Waals surface area contributed by atoms with Crippen molar-refractivity contribution in [1.82, 2.24) is 9.47 Å². The number of hydrogen-bond donors (Lipinski definition) is 3. The molecule has 0 atom stereocenters. The number of carboxylic acid groups (broad SMARTS) is 1. The van der Waals surface area contributed by atoms with E-state index in [0.29, 0.717) is 30.2 Å². The number of carbonyl (C=O) groups is 3. The standard InChI is InChI=1S/C22H19ClN4O4/c23-18-17(20(24)28)16-12-26(10-11-27(16)19(18)13-4-2-1-3-5-13)22(31)25-15-8-6-14(7-9-15)21(29)30/h1-9H,10-12H2,(H2,24,28)(H,25,31)(H,29,30). The summed E-state index contributed by atoms with van der Waals surface area (Å²) in [6, 6.07) is 15.0. The maximum atomic E-state index is 12.8. The molecule has 158 valence electrons. The SMILES string of the molecule is NC(=O)c1c(Cl)c(-c2ccccc2)n2c1CN(C(=O)Nc1ccc(C(=O)O)cc1)CC2. The first-order chi connectivity index (χ1) is 14.9. The van der Waals surface area contributed by atoms with Gasteiger partial charge in [-0.25, -0.2) is 9.59 Å². The zero-order chi connectivity index (χ0) is 22.1. The van der Waals surface area contributed by atoms with Gasteiger partial charge in [0, 0.05) is 18.8 Å². The van der Waals surface area contributed by atoms with Crippen molar-refractivity contribution >= 4 is 35.2 Å². The van der Waals surface area contributed by atoms with E-state index >= 15 is 0 Å². The van der Waals surface area contributed by atoms with Crippen LogP contribution in [0, 0.1) is 0 Å². The third-order valence-electron chi connectivity index (χ3n) is 5.21. The first-order valence-electron chi connectivity index (χ1n) is 9.52. The number of aromatic nitrogens is 1. The Kier molecular flexibility index (Phi) is 5.39. The third kappa shape index (κ3) is 3.85. The van der Waals surface area contributed by atoms with Crippen molar-refractivity contribution in [2.45, 2.75) is 13.1 Å². The van der Waals surface area contributed by atoms with Gasteiger partial charge in [0.15, 0.2) is 0 Å². The largest absolute Gasteiger partial charge is 0.478 e. The highest BCUT2D eigenvalue weighted by molar-refractivity contribution is 6.36. The number of carboxylic acids is 1. The molecule has 0 spiro atoms. The number of aromatic carboxylic acids is 1. The van der Waals surface area contributed by atoms with Crippen molar-refractivity contribution < 1.29 is 19.5 Å². The van der Waals surface area contributed by atoms with Crippen molar-refractivity contribution in [2.75, 3.05) is 11.9 Å². The van der Waals surface area contributed by atoms with Gasteiger partial charge in [-0.2, -0.15) is 0 Å². The molecular weight excluding hydrogens is 420 g/mol. The number of rotatable bonds is 4. The molecule has 1 aliphatic heterocycles. The number of amides is 3. The topological polar surface area (TPSA) is 118 Å². The molecule has 0 radical (unpaired) electrons. The summed E-state index contributed by atoms with van der Waals surface area (Å²) in [5.74, 6) is -1.69. The number of fused-ring (bicyclic) bond motifs is 1. The number of nitrogens with one attached hydrogen (secondary N) is 1. The van der Waals surface area contributed by atoms with E-state index < -0.39 is 11.9 Å². The van der Waals surface area contributed by atoms with Gasteiger partial charge in [0.25, 0.3) is 5.91 Å². The second kappa shape index (κ2) is 8.16. The number of primary amides is 1. The maximum Gasteiger partial charge on any atom is 0.335 e. The lowest BCUT2D eigenvalue weighted by molar-refractivity contribution is 0.0696. The Morgan fingerprint density at radius 1 is 1.00 bits per heavy atom. The number of urea groups is 1. The van der Waals surface area contributed by atoms with Gasteiger partial charge >= 0.3 is 12.0 Å². The van der Waals surface area contributed by atoms with E-state index in [9.17, 15) is 14.4 Å². The summed E-state index contributed by atoms with van der Waals surface area (Å²) in [7, 11) is 0. The number of hydrogen-bond acceptors (Lipinski definition) is 3. The Morgan fingerprint density at radius 2 is 1.68 bits per heavy atom. The molecule has 3 amide bonds. The Hall–Kier alpha value is -3.78. The lowest BCUT2D eigenvalue weighted by Gasteiger charge is -2.30. The predicted molar refractivity (Wildman–Crippen MR) is 116 cm³/mol. The molecule has 0 unspecified atom stereocenters. The van der Waals surface area contributed by atoms with Crippen LogP contribution in [0.5, 0.6) is 0 Å². The minimum atomic E-state index is -1.04. The molecule has 0 saturated heterocycles. The first kappa shape index (κ1) is 20.5. The van der Waals surface area contributed by atoms with Gasteiger partial charge in [0.05, 0.1) is 34.1 Å². The summed E-state index contributed by atoms with van der Waals surface area (Å²) < 4.78 is 1.93. The molecule has 0 bridgehead atoms. The lowest BCUT2D eigenvalue weighted by Crippen LogP contribution is -2.41. The molecule has 4 N–H and O–H groups in total. The Morgan fingerprint density at radius 3 is 2.29 bits per heavy atom. The van der Waals surface area contributed by atoms with Crippen molar-refractivity contribution in [3.63, 3.8) is 0 Å². The number of nitrogens with zero attached hydrogens (tertiary/aromatic N) is 2. The van der Waals surface area contributed by atoms with Gasteiger partial charge < -0.3 is 25.6 Å². The molecule has 0 fully saturated rings. The van der Waals surface area contributed by atoms with Crippen LogP contribution in [0.3, 0.4) is 0 Å². The third-order valence-corrected chi connectivity index (χ3v) is 5.58. The fourth-order valence-corrected chi connectivity index (χ4v) is 4.14. The van der Waals surface area contributed by atoms with Gasteiger partial charge in [-0.05, 0) is 29.8 Å². The number of anilines is 1. The number of carbonyl (C=O) groups excluding carboxylic acids is 2. The molecule has 9 heteroatoms. The van der Waals surface area contributed by atoms with Crippen LogP contribution in [0.1, 0.15) is 26.4 Å². The monoisotopic (exact) mass is 438 g/mol. The predicted octanol–water partition coefficient (Wildman–Crippen LogP) is 3.65. The number of benzene rings is 2. The van der Waals surface area contributed by atoms with Gasteiger partial charge in [-0.3, -0.25) is 4.79 Å². The Labute approximate surface area is 182 Å². The van der Waals surface area contributed by atoms with Crippen LogP contribution in [0.25, 0.3) is 11.3 Å². The Balaban J connectivity index is 1.61. The lowest BCUT2D eigenvalue weighted by atomic mass is 10.1. The highest BCUT2D eigenvalue weighted by atomic mass is 35.5. The van der Waals surface area contributed by atoms with Crippen LogP contribution in [0.4, 0.5) is 10.5 Å². The minimum Gasteiger partial charge on any atom is -0.478 e. The minimum absolute atomic E-state index is 0.128. The number of halogens is 1. The molecule has 4 rings (SSSR count). The zero-order valence-electron chi connectivity index (χ0n) is 16.3. The fraction of sp³-hybridized carbons (Fsp3) is 0.136. The smallest absolute Gasteiger partial charge is 0.335 e. The van der Waals surface area contributed by atoms with E-state index in [4.69, 9.17) is 22.4 Å². The molecule has 2 heterocycles. The molecule has 31 heavy (non-hydrogen) atoms. The van der Waals surface area contributed by atoms with Crippen LogP contribution in [-0.4, -0.2) is 39.0 Å². The second-order valence-electron chi connectivity index (χ2n) is 7.10. The number of nitrogens with two attached hydrogens (primary N) is 1. The van der Waals surface area contributed by atoms with E-state index in [1.165, 1.54) is 24.3 Å². The van der Waals surface area contributed by atoms with E-state index in [2.05, 4.69) is 5.32 Å². The zero-order valence-corrected chi connectivity index (χ0v) is 17.1. The van der Waals surface area contributed by atoms with Crippen LogP contribution >= 0.6 is 11.6 Å². The van der Waals surface area contributed by atoms with Crippen LogP contribution < -0.4 is 11.1 Å². The van der Waals surface area contributed by atoms with E-state index in [1.807, 2.05) is 34.9 Å². The maximum absolute atomic E-state index is 12.8. The summed E-state index contributed by atoms with van der Waals surface area (Å²) in [5.41, 5.74) is 8.56. The van der Waals surface area contributed by atoms with Gasteiger partial charge in [-0.15, -0.1) is 0 Å². The van der Waals surface area contributed by atoms with Crippen LogP contribution in [0.15, 0.2) is 54.6 Å². The quantitative estimate of drug-likeness (QED) is 0.576. The Bertz CT molecular complexity index is 1170.